The molecule has 1 aromatic heterocycles. The molecule has 0 radical (unpaired) electrons. The van der Waals surface area contributed by atoms with Crippen molar-refractivity contribution >= 4 is 22.8 Å². The number of aryl methyl sites for hydroxylation is 1. The molecule has 0 bridgehead atoms. The van der Waals surface area contributed by atoms with E-state index in [1.165, 1.54) is 0 Å². The highest BCUT2D eigenvalue weighted by atomic mass is 16.5. The molecule has 122 valence electrons. The van der Waals surface area contributed by atoms with E-state index in [0.29, 0.717) is 11.0 Å². The number of hydrogen-bond donors (Lipinski definition) is 1. The van der Waals surface area contributed by atoms with E-state index in [-0.39, 0.29) is 17.2 Å². The van der Waals surface area contributed by atoms with Gasteiger partial charge < -0.3 is 14.5 Å². The van der Waals surface area contributed by atoms with Crippen LogP contribution >= 0.6 is 0 Å². The highest BCUT2D eigenvalue weighted by molar-refractivity contribution is 5.90. The average molecular weight is 317 g/mol. The number of ether oxygens (including phenoxy) is 1. The molecule has 0 saturated heterocycles. The van der Waals surface area contributed by atoms with E-state index in [9.17, 15) is 14.4 Å². The molecule has 2 aromatic rings. The van der Waals surface area contributed by atoms with Crippen LogP contribution in [0, 0.1) is 6.92 Å². The highest BCUT2D eigenvalue weighted by Gasteiger charge is 2.16. The highest BCUT2D eigenvalue weighted by Crippen LogP contribution is 2.14. The molecule has 0 spiro atoms. The molecule has 0 aliphatic rings. The number of amides is 1. The average Bonchev–Trinajstić information content (AvgIpc) is 2.52. The van der Waals surface area contributed by atoms with Crippen molar-refractivity contribution in [3.63, 3.8) is 0 Å². The number of carbonyl (C=O) groups is 2. The van der Waals surface area contributed by atoms with Crippen LogP contribution in [0.15, 0.2) is 33.5 Å². The fraction of sp³-hybridized carbons (Fsp3) is 0.353. The molecular weight excluding hydrogens is 298 g/mol. The minimum atomic E-state index is -0.844. The van der Waals surface area contributed by atoms with Gasteiger partial charge in [0.2, 0.25) is 5.76 Å². The maximum atomic E-state index is 12.0. The predicted octanol–water partition coefficient (Wildman–Crippen LogP) is 2.17. The van der Waals surface area contributed by atoms with Crippen LogP contribution in [0.5, 0.6) is 0 Å². The number of benzene rings is 1. The van der Waals surface area contributed by atoms with Crippen molar-refractivity contribution in [3.8, 4) is 0 Å². The summed E-state index contributed by atoms with van der Waals surface area (Å²) in [4.78, 5) is 35.5. The summed E-state index contributed by atoms with van der Waals surface area (Å²) in [5.74, 6) is -1.46. The predicted molar refractivity (Wildman–Crippen MR) is 85.4 cm³/mol. The zero-order valence-electron chi connectivity index (χ0n) is 13.3. The van der Waals surface area contributed by atoms with Crippen molar-refractivity contribution in [1.29, 1.82) is 0 Å². The Morgan fingerprint density at radius 1 is 1.30 bits per heavy atom. The van der Waals surface area contributed by atoms with E-state index in [4.69, 9.17) is 9.15 Å². The number of rotatable bonds is 5. The smallest absolute Gasteiger partial charge is 0.374 e. The zero-order valence-corrected chi connectivity index (χ0v) is 13.3. The number of carbonyl (C=O) groups excluding carboxylic acids is 2. The largest absolute Gasteiger partial charge is 0.450 e. The van der Waals surface area contributed by atoms with E-state index in [2.05, 4.69) is 5.32 Å². The second kappa shape index (κ2) is 7.09. The number of esters is 1. The Hall–Kier alpha value is -2.63. The molecular formula is C17H19NO5. The SMILES string of the molecule is CC[C@@H](C)NC(=O)COC(=O)c1cc(=O)c2cc(C)ccc2o1. The van der Waals surface area contributed by atoms with Crippen LogP contribution in [-0.2, 0) is 9.53 Å². The van der Waals surface area contributed by atoms with Crippen LogP contribution in [0.2, 0.25) is 0 Å². The fourth-order valence-corrected chi connectivity index (χ4v) is 1.99. The van der Waals surface area contributed by atoms with Crippen molar-refractivity contribution in [2.75, 3.05) is 6.61 Å². The summed E-state index contributed by atoms with van der Waals surface area (Å²) in [5, 5.41) is 3.07. The van der Waals surface area contributed by atoms with Gasteiger partial charge in [0.15, 0.2) is 12.0 Å². The van der Waals surface area contributed by atoms with E-state index < -0.39 is 18.5 Å². The normalized spacial score (nSPS) is 12.0. The maximum absolute atomic E-state index is 12.0. The zero-order chi connectivity index (χ0) is 17.0. The second-order valence-corrected chi connectivity index (χ2v) is 5.43. The van der Waals surface area contributed by atoms with Crippen molar-refractivity contribution in [1.82, 2.24) is 5.32 Å². The molecule has 0 aliphatic heterocycles. The molecule has 1 atom stereocenters. The summed E-state index contributed by atoms with van der Waals surface area (Å²) in [5.41, 5.74) is 0.895. The fourth-order valence-electron chi connectivity index (χ4n) is 1.99. The topological polar surface area (TPSA) is 85.6 Å². The third-order valence-electron chi connectivity index (χ3n) is 3.44. The molecule has 2 rings (SSSR count). The van der Waals surface area contributed by atoms with E-state index in [1.54, 1.807) is 18.2 Å². The lowest BCUT2D eigenvalue weighted by Crippen LogP contribution is -2.35. The third-order valence-corrected chi connectivity index (χ3v) is 3.44. The molecule has 1 heterocycles. The van der Waals surface area contributed by atoms with Gasteiger partial charge in [0.1, 0.15) is 5.58 Å². The number of fused-ring (bicyclic) bond motifs is 1. The molecule has 0 unspecified atom stereocenters. The Morgan fingerprint density at radius 2 is 2.04 bits per heavy atom. The molecule has 6 nitrogen and oxygen atoms in total. The van der Waals surface area contributed by atoms with Gasteiger partial charge in [-0.3, -0.25) is 9.59 Å². The van der Waals surface area contributed by atoms with Gasteiger partial charge in [0.05, 0.1) is 5.39 Å². The molecule has 23 heavy (non-hydrogen) atoms. The minimum absolute atomic E-state index is 0.00282. The minimum Gasteiger partial charge on any atom is -0.450 e. The van der Waals surface area contributed by atoms with Gasteiger partial charge in [0.25, 0.3) is 5.91 Å². The Bertz CT molecular complexity index is 793. The van der Waals surface area contributed by atoms with Crippen molar-refractivity contribution in [2.45, 2.75) is 33.2 Å². The van der Waals surface area contributed by atoms with Crippen LogP contribution in [0.4, 0.5) is 0 Å². The first kappa shape index (κ1) is 16.7. The summed E-state index contributed by atoms with van der Waals surface area (Å²) in [6.07, 6.45) is 0.776. The van der Waals surface area contributed by atoms with Crippen LogP contribution in [0.1, 0.15) is 36.4 Å². The first-order valence-corrected chi connectivity index (χ1v) is 7.41. The van der Waals surface area contributed by atoms with Gasteiger partial charge in [0, 0.05) is 12.1 Å². The summed E-state index contributed by atoms with van der Waals surface area (Å²) < 4.78 is 10.3. The van der Waals surface area contributed by atoms with Crippen LogP contribution in [-0.4, -0.2) is 24.5 Å². The molecule has 1 amide bonds. The number of nitrogens with one attached hydrogen (secondary N) is 1. The Balaban J connectivity index is 2.11. The Kier molecular flexibility index (Phi) is 5.16. The summed E-state index contributed by atoms with van der Waals surface area (Å²) in [7, 11) is 0. The van der Waals surface area contributed by atoms with Crippen LogP contribution < -0.4 is 10.7 Å². The molecule has 6 heteroatoms. The van der Waals surface area contributed by atoms with Gasteiger partial charge in [-0.1, -0.05) is 18.6 Å². The van der Waals surface area contributed by atoms with Crippen molar-refractivity contribution in [3.05, 3.63) is 45.8 Å². The lowest BCUT2D eigenvalue weighted by molar-refractivity contribution is -0.124. The lowest BCUT2D eigenvalue weighted by Gasteiger charge is -2.11. The van der Waals surface area contributed by atoms with Gasteiger partial charge >= 0.3 is 5.97 Å². The van der Waals surface area contributed by atoms with Gasteiger partial charge in [-0.15, -0.1) is 0 Å². The molecule has 1 aromatic carbocycles. The summed E-state index contributed by atoms with van der Waals surface area (Å²) in [6, 6.07) is 6.17. The standard InChI is InChI=1S/C17H19NO5/c1-4-11(3)18-16(20)9-22-17(21)15-8-13(19)12-7-10(2)5-6-14(12)23-15/h5-8,11H,4,9H2,1-3H3,(H,18,20)/t11-/m1/s1. The third kappa shape index (κ3) is 4.18. The van der Waals surface area contributed by atoms with Gasteiger partial charge in [-0.25, -0.2) is 4.79 Å². The monoisotopic (exact) mass is 317 g/mol. The van der Waals surface area contributed by atoms with Crippen molar-refractivity contribution < 1.29 is 18.7 Å². The number of hydrogen-bond acceptors (Lipinski definition) is 5. The Morgan fingerprint density at radius 3 is 2.74 bits per heavy atom. The van der Waals surface area contributed by atoms with Crippen LogP contribution in [0.25, 0.3) is 11.0 Å². The van der Waals surface area contributed by atoms with Crippen LogP contribution in [0.3, 0.4) is 0 Å². The first-order valence-electron chi connectivity index (χ1n) is 7.41. The lowest BCUT2D eigenvalue weighted by atomic mass is 10.1. The summed E-state index contributed by atoms with van der Waals surface area (Å²) in [6.45, 7) is 5.22. The van der Waals surface area contributed by atoms with E-state index in [1.807, 2.05) is 20.8 Å². The molecule has 0 aliphatic carbocycles. The quantitative estimate of drug-likeness (QED) is 0.854. The summed E-state index contributed by atoms with van der Waals surface area (Å²) >= 11 is 0. The van der Waals surface area contributed by atoms with Gasteiger partial charge in [-0.2, -0.15) is 0 Å². The maximum Gasteiger partial charge on any atom is 0.374 e. The van der Waals surface area contributed by atoms with E-state index in [0.717, 1.165) is 18.1 Å². The van der Waals surface area contributed by atoms with E-state index >= 15 is 0 Å². The van der Waals surface area contributed by atoms with Crippen molar-refractivity contribution in [2.24, 2.45) is 0 Å². The molecule has 1 N–H and O–H groups in total. The molecule has 0 fully saturated rings. The first-order chi connectivity index (χ1) is 10.9. The molecule has 0 saturated carbocycles. The second-order valence-electron chi connectivity index (χ2n) is 5.43. The Labute approximate surface area is 133 Å². The van der Waals surface area contributed by atoms with Gasteiger partial charge in [-0.05, 0) is 32.4 Å².